The smallest absolute Gasteiger partial charge is 0.329 e. The Labute approximate surface area is 494 Å². The van der Waals surface area contributed by atoms with E-state index in [0.717, 1.165) is 76.2 Å². The van der Waals surface area contributed by atoms with Gasteiger partial charge in [0.15, 0.2) is 11.6 Å². The highest BCUT2D eigenvalue weighted by Crippen LogP contribution is 2.41. The van der Waals surface area contributed by atoms with Gasteiger partial charge in [-0.1, -0.05) is 54.4 Å². The third kappa shape index (κ3) is 16.1. The van der Waals surface area contributed by atoms with Crippen molar-refractivity contribution in [1.29, 1.82) is 0 Å². The fraction of sp³-hybridized carbons (Fsp3) is 0.491. The lowest BCUT2D eigenvalue weighted by atomic mass is 9.94. The van der Waals surface area contributed by atoms with Crippen LogP contribution < -0.4 is 10.6 Å². The predicted octanol–water partition coefficient (Wildman–Crippen LogP) is 7.83. The Kier molecular flexibility index (Phi) is 22.5. The summed E-state index contributed by atoms with van der Waals surface area (Å²) in [4.78, 5) is 50.5. The molecule has 0 fully saturated rings. The molecule has 6 aromatic rings. The van der Waals surface area contributed by atoms with Gasteiger partial charge in [0.1, 0.15) is 40.3 Å². The molecule has 4 aromatic heterocycles. The first-order valence-corrected chi connectivity index (χ1v) is 29.4. The summed E-state index contributed by atoms with van der Waals surface area (Å²) in [6.45, 7) is 17.7. The van der Waals surface area contributed by atoms with Gasteiger partial charge in [0.25, 0.3) is 0 Å². The van der Waals surface area contributed by atoms with Gasteiger partial charge in [-0.2, -0.15) is 0 Å². The average Bonchev–Trinajstić information content (AvgIpc) is 4.14. The number of carboxylic acid groups (broad SMARTS) is 1. The second-order valence-electron chi connectivity index (χ2n) is 20.2. The molecule has 0 spiro atoms. The minimum Gasteiger partial charge on any atom is -0.480 e. The zero-order valence-electron chi connectivity index (χ0n) is 47.2. The van der Waals surface area contributed by atoms with Crippen molar-refractivity contribution >= 4 is 75.1 Å². The van der Waals surface area contributed by atoms with E-state index < -0.39 is 30.1 Å². The molecular weight excluding hydrogens is 1140 g/mol. The van der Waals surface area contributed by atoms with Crippen molar-refractivity contribution < 1.29 is 52.6 Å². The van der Waals surface area contributed by atoms with Crippen molar-refractivity contribution in [1.82, 2.24) is 40.2 Å². The summed E-state index contributed by atoms with van der Waals surface area (Å²) in [5.41, 5.74) is 6.94. The number of aryl methyl sites for hydroxylation is 4. The second kappa shape index (κ2) is 29.6. The van der Waals surface area contributed by atoms with Crippen molar-refractivity contribution in [2.45, 2.75) is 73.4 Å². The first-order valence-electron chi connectivity index (χ1n) is 27.0. The number of nitrogens with zero attached hydrogens (tertiary/aromatic N) is 8. The fourth-order valence-corrected chi connectivity index (χ4v) is 12.0. The lowest BCUT2D eigenvalue weighted by Crippen LogP contribution is -2.36. The Morgan fingerprint density at radius 3 is 1.30 bits per heavy atom. The normalized spacial score (nSPS) is 14.7. The Balaban J connectivity index is 0.676. The van der Waals surface area contributed by atoms with Gasteiger partial charge in [-0.05, 0) is 76.9 Å². The lowest BCUT2D eigenvalue weighted by molar-refractivity contribution is -0.145. The van der Waals surface area contributed by atoms with Crippen LogP contribution in [0.25, 0.3) is 10.0 Å². The Morgan fingerprint density at radius 2 is 0.915 bits per heavy atom. The van der Waals surface area contributed by atoms with E-state index >= 15 is 0 Å². The first kappa shape index (κ1) is 62.2. The number of carbonyl (C=O) groups is 3. The highest BCUT2D eigenvalue weighted by Gasteiger charge is 2.35. The van der Waals surface area contributed by atoms with Crippen LogP contribution in [0.1, 0.15) is 98.3 Å². The largest absolute Gasteiger partial charge is 0.480 e. The molecule has 2 aliphatic heterocycles. The third-order valence-corrected chi connectivity index (χ3v) is 16.6. The monoisotopic (exact) mass is 1200 g/mol. The van der Waals surface area contributed by atoms with E-state index in [1.165, 1.54) is 0 Å². The molecule has 0 saturated heterocycles. The molecule has 82 heavy (non-hydrogen) atoms. The Morgan fingerprint density at radius 1 is 0.549 bits per heavy atom. The van der Waals surface area contributed by atoms with E-state index in [0.29, 0.717) is 74.4 Å². The zero-order chi connectivity index (χ0) is 58.3. The standard InChI is InChI=1S/C57H70Cl2N10O11S2/c1-34-36(3)81-55-49(34)51(40-8-12-42(58)13-9-40)62-44(53-66-64-38(5)68(53)55)28-46(70)60-16-18-74-20-22-76-24-26-78-31-57(7,33-80-30-48(72)73)32-79-27-25-77-23-21-75-19-17-61-47(71)29-45-54-67-65-39(6)69(54)56-50(35(2)37(4)82-56)52(63-45)41-10-14-43(59)15-11-41/h8-15,44-45H,16-33H2,1-7H3,(H,60,70)(H,61,71)(H,72,73)/t44-,45-/m0/s1. The first-order chi connectivity index (χ1) is 39.5. The number of aliphatic imine (C=N–C) groups is 2. The Hall–Kier alpha value is -5.83. The highest BCUT2D eigenvalue weighted by atomic mass is 35.5. The maximum Gasteiger partial charge on any atom is 0.329 e. The number of hydrogen-bond donors (Lipinski definition) is 3. The summed E-state index contributed by atoms with van der Waals surface area (Å²) < 4.78 is 44.1. The Bertz CT molecular complexity index is 3010. The molecular formula is C57H70Cl2N10O11S2. The number of thiophene rings is 2. The quantitative estimate of drug-likeness (QED) is 0.0341. The summed E-state index contributed by atoms with van der Waals surface area (Å²) in [6.07, 6.45) is 0.135. The van der Waals surface area contributed by atoms with Crippen LogP contribution in [0.2, 0.25) is 10.0 Å². The summed E-state index contributed by atoms with van der Waals surface area (Å²) in [5, 5.41) is 36.0. The number of aromatic nitrogens is 6. The number of nitrogens with one attached hydrogen (secondary N) is 2. The van der Waals surface area contributed by atoms with Crippen molar-refractivity contribution in [3.05, 3.63) is 125 Å². The van der Waals surface area contributed by atoms with E-state index in [-0.39, 0.29) is 70.9 Å². The van der Waals surface area contributed by atoms with Crippen LogP contribution in [-0.2, 0) is 47.5 Å². The number of halogens is 2. The van der Waals surface area contributed by atoms with Crippen LogP contribution in [0.3, 0.4) is 0 Å². The van der Waals surface area contributed by atoms with Crippen molar-refractivity contribution in [3.63, 3.8) is 0 Å². The number of ether oxygens (including phenoxy) is 7. The molecule has 0 saturated carbocycles. The number of carbonyl (C=O) groups excluding carboxylic acids is 2. The molecule has 440 valence electrons. The third-order valence-electron chi connectivity index (χ3n) is 13.7. The van der Waals surface area contributed by atoms with Crippen LogP contribution in [0.5, 0.6) is 0 Å². The summed E-state index contributed by atoms with van der Waals surface area (Å²) >= 11 is 15.8. The van der Waals surface area contributed by atoms with Crippen LogP contribution in [0.15, 0.2) is 58.5 Å². The molecule has 8 rings (SSSR count). The number of aliphatic carboxylic acids is 1. The van der Waals surface area contributed by atoms with E-state index in [9.17, 15) is 14.4 Å². The molecule has 0 aliphatic carbocycles. The van der Waals surface area contributed by atoms with Crippen LogP contribution >= 0.6 is 45.9 Å². The minimum atomic E-state index is -1.07. The van der Waals surface area contributed by atoms with Crippen molar-refractivity contribution in [3.8, 4) is 10.0 Å². The van der Waals surface area contributed by atoms with E-state index in [1.807, 2.05) is 78.4 Å². The summed E-state index contributed by atoms with van der Waals surface area (Å²) in [7, 11) is 0. The molecule has 0 bridgehead atoms. The van der Waals surface area contributed by atoms with Gasteiger partial charge in [0, 0.05) is 60.6 Å². The van der Waals surface area contributed by atoms with Gasteiger partial charge in [-0.3, -0.25) is 28.7 Å². The lowest BCUT2D eigenvalue weighted by Gasteiger charge is -2.28. The van der Waals surface area contributed by atoms with Crippen LogP contribution in [0.4, 0.5) is 0 Å². The average molecular weight is 1210 g/mol. The predicted molar refractivity (Wildman–Crippen MR) is 313 cm³/mol. The zero-order valence-corrected chi connectivity index (χ0v) is 50.3. The van der Waals surface area contributed by atoms with Gasteiger partial charge in [-0.25, -0.2) is 4.79 Å². The number of fused-ring (bicyclic) bond motifs is 6. The van der Waals surface area contributed by atoms with Crippen molar-refractivity contribution in [2.75, 3.05) is 106 Å². The molecule has 0 unspecified atom stereocenters. The van der Waals surface area contributed by atoms with Gasteiger partial charge in [0.05, 0.1) is 110 Å². The molecule has 2 atom stereocenters. The SMILES string of the molecule is Cc1sc2c(c1C)C(c1ccc(Cl)cc1)=N[C@@H](CC(=O)NCCOCCOCCOCC(C)(COCCOCCOCCNC(=O)C[C@@H]1N=C(c3ccc(Cl)cc3)c3c(sc(C)c3C)-n3c(C)nnc31)COCC(=O)O)c1nnc(C)n1-2. The van der Waals surface area contributed by atoms with Crippen LogP contribution in [0, 0.1) is 47.0 Å². The van der Waals surface area contributed by atoms with E-state index in [2.05, 4.69) is 58.7 Å². The summed E-state index contributed by atoms with van der Waals surface area (Å²) in [5.74, 6) is 1.19. The van der Waals surface area contributed by atoms with Gasteiger partial charge in [-0.15, -0.1) is 43.1 Å². The molecule has 25 heteroatoms. The number of hydrogen-bond acceptors (Lipinski definition) is 18. The van der Waals surface area contributed by atoms with E-state index in [1.54, 1.807) is 22.7 Å². The van der Waals surface area contributed by atoms with E-state index in [4.69, 9.17) is 71.5 Å². The molecule has 0 radical (unpaired) electrons. The molecule has 6 heterocycles. The molecule has 21 nitrogen and oxygen atoms in total. The van der Waals surface area contributed by atoms with Crippen molar-refractivity contribution in [2.24, 2.45) is 15.4 Å². The molecule has 2 aliphatic rings. The maximum atomic E-state index is 13.3. The molecule has 3 N–H and O–H groups in total. The molecule has 2 amide bonds. The minimum absolute atomic E-state index is 0.0677. The number of amides is 2. The number of benzene rings is 2. The number of carboxylic acids is 1. The fourth-order valence-electron chi connectivity index (χ4n) is 9.31. The highest BCUT2D eigenvalue weighted by molar-refractivity contribution is 7.15. The van der Waals surface area contributed by atoms with Gasteiger partial charge in [0.2, 0.25) is 11.8 Å². The van der Waals surface area contributed by atoms with Crippen LogP contribution in [-0.4, -0.2) is 169 Å². The molecule has 2 aromatic carbocycles. The second-order valence-corrected chi connectivity index (χ2v) is 23.4. The summed E-state index contributed by atoms with van der Waals surface area (Å²) in [6, 6.07) is 14.0. The van der Waals surface area contributed by atoms with Gasteiger partial charge >= 0.3 is 5.97 Å². The van der Waals surface area contributed by atoms with Gasteiger partial charge < -0.3 is 48.9 Å². The maximum absolute atomic E-state index is 13.3. The number of rotatable bonds is 32. The topological polar surface area (TPSA) is 246 Å².